The first-order chi connectivity index (χ1) is 13.2. The minimum atomic E-state index is -0.488. The predicted molar refractivity (Wildman–Crippen MR) is 112 cm³/mol. The predicted octanol–water partition coefficient (Wildman–Crippen LogP) is 5.09. The van der Waals surface area contributed by atoms with Gasteiger partial charge in [-0.1, -0.05) is 52.2 Å². The molecule has 1 fully saturated rings. The van der Waals surface area contributed by atoms with E-state index in [1.54, 1.807) is 18.2 Å². The molecule has 0 bridgehead atoms. The molecule has 1 aliphatic heterocycles. The molecule has 1 aromatic rings. The Kier molecular flexibility index (Phi) is 11.2. The minimum absolute atomic E-state index is 0.0268. The van der Waals surface area contributed by atoms with Crippen molar-refractivity contribution in [2.45, 2.75) is 84.3 Å². The van der Waals surface area contributed by atoms with E-state index in [0.29, 0.717) is 19.1 Å². The zero-order valence-corrected chi connectivity index (χ0v) is 17.9. The maximum atomic E-state index is 11.5. The zero-order chi connectivity index (χ0) is 21.0. The Morgan fingerprint density at radius 2 is 2.00 bits per heavy atom. The van der Waals surface area contributed by atoms with E-state index >= 15 is 0 Å². The lowest BCUT2D eigenvalue weighted by molar-refractivity contribution is -0.0985. The van der Waals surface area contributed by atoms with E-state index in [-0.39, 0.29) is 17.4 Å². The van der Waals surface area contributed by atoms with E-state index < -0.39 is 11.6 Å². The summed E-state index contributed by atoms with van der Waals surface area (Å²) in [6, 6.07) is 6.41. The van der Waals surface area contributed by atoms with Crippen LogP contribution in [0.15, 0.2) is 24.3 Å². The Balaban J connectivity index is 0.000000292. The molecule has 0 spiro atoms. The Hall–Kier alpha value is -1.59. The van der Waals surface area contributed by atoms with E-state index in [2.05, 4.69) is 20.8 Å². The summed E-state index contributed by atoms with van der Waals surface area (Å²) in [4.78, 5) is 11.5. The molecule has 1 aliphatic rings. The highest BCUT2D eigenvalue weighted by Crippen LogP contribution is 2.27. The molecule has 5 nitrogen and oxygen atoms in total. The number of rotatable bonds is 8. The molecule has 2 unspecified atom stereocenters. The van der Waals surface area contributed by atoms with E-state index in [9.17, 15) is 15.0 Å². The second-order valence-electron chi connectivity index (χ2n) is 8.29. The van der Waals surface area contributed by atoms with Crippen LogP contribution in [-0.4, -0.2) is 41.1 Å². The first-order valence-electron chi connectivity index (χ1n) is 10.5. The molecule has 1 aromatic carbocycles. The van der Waals surface area contributed by atoms with Crippen LogP contribution in [0.4, 0.5) is 0 Å². The van der Waals surface area contributed by atoms with Gasteiger partial charge in [0.2, 0.25) is 0 Å². The molecule has 0 amide bonds. The Morgan fingerprint density at radius 1 is 1.29 bits per heavy atom. The Bertz CT molecular complexity index is 568. The monoisotopic (exact) mass is 394 g/mol. The lowest BCUT2D eigenvalue weighted by Gasteiger charge is -2.34. The summed E-state index contributed by atoms with van der Waals surface area (Å²) in [5.74, 6) is 0.180. The number of esters is 1. The van der Waals surface area contributed by atoms with Crippen molar-refractivity contribution in [1.82, 2.24) is 0 Å². The van der Waals surface area contributed by atoms with E-state index in [1.807, 2.05) is 6.92 Å². The smallest absolute Gasteiger partial charge is 0.341 e. The van der Waals surface area contributed by atoms with Crippen molar-refractivity contribution in [3.05, 3.63) is 29.8 Å². The number of hydrogen-bond acceptors (Lipinski definition) is 5. The van der Waals surface area contributed by atoms with Gasteiger partial charge >= 0.3 is 5.97 Å². The summed E-state index contributed by atoms with van der Waals surface area (Å²) in [5.41, 5.74) is -0.254. The van der Waals surface area contributed by atoms with Crippen LogP contribution < -0.4 is 0 Å². The molecule has 0 aromatic heterocycles. The fourth-order valence-corrected chi connectivity index (χ4v) is 3.19. The van der Waals surface area contributed by atoms with E-state index in [0.717, 1.165) is 44.9 Å². The summed E-state index contributed by atoms with van der Waals surface area (Å²) in [6.07, 6.45) is 7.19. The standard InChI is InChI=1S/C13H18O3.C10H20O2/c1-2-3-4-7-10-16-13(15)11-8-5-6-9-12(11)14;1-8(2)6-9-7-10(3,11)4-5-12-9/h5-6,8-9,14H,2-4,7,10H2,1H3;8-9,11H,4-7H2,1-3H3. The fraction of sp³-hybridized carbons (Fsp3) is 0.696. The molecular weight excluding hydrogens is 356 g/mol. The van der Waals surface area contributed by atoms with Gasteiger partial charge in [0, 0.05) is 13.0 Å². The van der Waals surface area contributed by atoms with Crippen LogP contribution in [0.3, 0.4) is 0 Å². The topological polar surface area (TPSA) is 76.0 Å². The first-order valence-corrected chi connectivity index (χ1v) is 10.5. The number of phenolic OH excluding ortho intramolecular Hbond substituents is 1. The lowest BCUT2D eigenvalue weighted by atomic mass is 9.89. The van der Waals surface area contributed by atoms with Gasteiger partial charge in [0.1, 0.15) is 11.3 Å². The maximum absolute atomic E-state index is 11.5. The lowest BCUT2D eigenvalue weighted by Crippen LogP contribution is -2.38. The molecule has 2 atom stereocenters. The van der Waals surface area contributed by atoms with Gasteiger partial charge in [0.25, 0.3) is 0 Å². The number of aliphatic hydroxyl groups is 1. The van der Waals surface area contributed by atoms with Crippen molar-refractivity contribution in [1.29, 1.82) is 0 Å². The van der Waals surface area contributed by atoms with Gasteiger partial charge in [-0.15, -0.1) is 0 Å². The quantitative estimate of drug-likeness (QED) is 0.474. The van der Waals surface area contributed by atoms with Crippen molar-refractivity contribution in [3.8, 4) is 5.75 Å². The van der Waals surface area contributed by atoms with Crippen molar-refractivity contribution >= 4 is 5.97 Å². The van der Waals surface area contributed by atoms with Crippen LogP contribution in [0.2, 0.25) is 0 Å². The largest absolute Gasteiger partial charge is 0.507 e. The van der Waals surface area contributed by atoms with Crippen molar-refractivity contribution in [2.75, 3.05) is 13.2 Å². The molecular formula is C23H38O5. The Labute approximate surface area is 170 Å². The van der Waals surface area contributed by atoms with Gasteiger partial charge < -0.3 is 19.7 Å². The summed E-state index contributed by atoms with van der Waals surface area (Å²) >= 11 is 0. The van der Waals surface area contributed by atoms with Gasteiger partial charge in [-0.3, -0.25) is 0 Å². The molecule has 160 valence electrons. The molecule has 0 radical (unpaired) electrons. The van der Waals surface area contributed by atoms with Crippen LogP contribution in [0, 0.1) is 5.92 Å². The maximum Gasteiger partial charge on any atom is 0.341 e. The van der Waals surface area contributed by atoms with Crippen LogP contribution in [0.5, 0.6) is 5.75 Å². The Morgan fingerprint density at radius 3 is 2.61 bits per heavy atom. The number of hydrogen-bond donors (Lipinski definition) is 2. The molecule has 1 heterocycles. The minimum Gasteiger partial charge on any atom is -0.507 e. The highest BCUT2D eigenvalue weighted by molar-refractivity contribution is 5.92. The first kappa shape index (κ1) is 24.4. The number of unbranched alkanes of at least 4 members (excludes halogenated alkanes) is 3. The number of carbonyl (C=O) groups is 1. The average molecular weight is 395 g/mol. The summed E-state index contributed by atoms with van der Waals surface area (Å²) in [5, 5.41) is 19.2. The van der Waals surface area contributed by atoms with Crippen LogP contribution in [-0.2, 0) is 9.47 Å². The number of ether oxygens (including phenoxy) is 2. The third kappa shape index (κ3) is 10.1. The summed E-state index contributed by atoms with van der Waals surface area (Å²) in [7, 11) is 0. The zero-order valence-electron chi connectivity index (χ0n) is 17.9. The SMILES string of the molecule is CC(C)CC1CC(C)(O)CCO1.CCCCCCOC(=O)c1ccccc1O. The third-order valence-electron chi connectivity index (χ3n) is 4.75. The number of aromatic hydroxyl groups is 1. The molecule has 2 rings (SSSR count). The van der Waals surface area contributed by atoms with Crippen LogP contribution in [0.25, 0.3) is 0 Å². The molecule has 2 N–H and O–H groups in total. The van der Waals surface area contributed by atoms with Gasteiger partial charge in [0.05, 0.1) is 18.3 Å². The van der Waals surface area contributed by atoms with Crippen LogP contribution >= 0.6 is 0 Å². The van der Waals surface area contributed by atoms with E-state index in [1.165, 1.54) is 6.07 Å². The van der Waals surface area contributed by atoms with Crippen molar-refractivity contribution in [2.24, 2.45) is 5.92 Å². The number of para-hydroxylation sites is 1. The molecule has 0 saturated carbocycles. The molecule has 28 heavy (non-hydrogen) atoms. The van der Waals surface area contributed by atoms with E-state index in [4.69, 9.17) is 9.47 Å². The fourth-order valence-electron chi connectivity index (χ4n) is 3.19. The summed E-state index contributed by atoms with van der Waals surface area (Å²) < 4.78 is 10.6. The highest BCUT2D eigenvalue weighted by Gasteiger charge is 2.30. The summed E-state index contributed by atoms with van der Waals surface area (Å²) in [6.45, 7) is 9.55. The van der Waals surface area contributed by atoms with Gasteiger partial charge in [-0.05, 0) is 44.2 Å². The molecule has 5 heteroatoms. The number of benzene rings is 1. The third-order valence-corrected chi connectivity index (χ3v) is 4.75. The highest BCUT2D eigenvalue weighted by atomic mass is 16.5. The van der Waals surface area contributed by atoms with Crippen molar-refractivity contribution in [3.63, 3.8) is 0 Å². The molecule has 0 aliphatic carbocycles. The number of phenols is 1. The van der Waals surface area contributed by atoms with Crippen molar-refractivity contribution < 1.29 is 24.5 Å². The van der Waals surface area contributed by atoms with Gasteiger partial charge in [0.15, 0.2) is 0 Å². The number of carbonyl (C=O) groups excluding carboxylic acids is 1. The normalized spacial score (nSPS) is 21.7. The van der Waals surface area contributed by atoms with Gasteiger partial charge in [-0.25, -0.2) is 4.79 Å². The average Bonchev–Trinajstić information content (AvgIpc) is 2.61. The molecule has 1 saturated heterocycles. The van der Waals surface area contributed by atoms with Gasteiger partial charge in [-0.2, -0.15) is 0 Å². The second-order valence-corrected chi connectivity index (χ2v) is 8.29. The van der Waals surface area contributed by atoms with Crippen LogP contribution in [0.1, 0.15) is 83.0 Å². The second kappa shape index (κ2) is 12.8.